The summed E-state index contributed by atoms with van der Waals surface area (Å²) in [5.74, 6) is 2.26. The van der Waals surface area contributed by atoms with Gasteiger partial charge in [-0.25, -0.2) is 15.0 Å². The van der Waals surface area contributed by atoms with Crippen LogP contribution in [0.1, 0.15) is 161 Å². The van der Waals surface area contributed by atoms with Crippen LogP contribution in [0.25, 0.3) is 0 Å². The van der Waals surface area contributed by atoms with Gasteiger partial charge in [-0.1, -0.05) is 196 Å². The largest absolute Gasteiger partial charge is 0.385 e. The molecular weight excluding hydrogens is 703 g/mol. The Labute approximate surface area is 348 Å². The van der Waals surface area contributed by atoms with E-state index in [4.69, 9.17) is 15.0 Å². The van der Waals surface area contributed by atoms with Crippen molar-refractivity contribution in [1.82, 2.24) is 15.0 Å². The average molecular weight is 784 g/mol. The summed E-state index contributed by atoms with van der Waals surface area (Å²) >= 11 is 0. The summed E-state index contributed by atoms with van der Waals surface area (Å²) < 4.78 is 0. The second-order valence-electron chi connectivity index (χ2n) is 24.1. The molecule has 1 aromatic rings. The van der Waals surface area contributed by atoms with Gasteiger partial charge in [0.2, 0.25) is 0 Å². The van der Waals surface area contributed by atoms with E-state index in [0.717, 1.165) is 36.7 Å². The van der Waals surface area contributed by atoms with Gasteiger partial charge < -0.3 is 15.3 Å². The third kappa shape index (κ3) is 10.2. The third-order valence-electron chi connectivity index (χ3n) is 13.3. The molecule has 0 bridgehead atoms. The van der Waals surface area contributed by atoms with E-state index in [-0.39, 0.29) is 50.2 Å². The Hall–Kier alpha value is -2.67. The molecule has 3 aliphatic carbocycles. The molecule has 1 heterocycles. The molecule has 0 amide bonds. The number of aliphatic hydroxyl groups is 3. The van der Waals surface area contributed by atoms with E-state index in [1.165, 1.54) is 16.7 Å². The van der Waals surface area contributed by atoms with E-state index >= 15 is 0 Å². The average Bonchev–Trinajstić information content (AvgIpc) is 3.04. The molecule has 0 fully saturated rings. The summed E-state index contributed by atoms with van der Waals surface area (Å²) in [4.78, 5) is 15.2. The molecule has 0 radical (unpaired) electrons. The number of rotatable bonds is 9. The number of allylic oxidation sites excluding steroid dienone is 6. The maximum Gasteiger partial charge on any atom is 0.132 e. The molecule has 1 aromatic heterocycles. The predicted octanol–water partition coefficient (Wildman–Crippen LogP) is 11.5. The molecule has 0 aromatic carbocycles. The number of aryl methyl sites for hydroxylation is 3. The molecule has 6 nitrogen and oxygen atoms in total. The molecule has 0 saturated carbocycles. The van der Waals surface area contributed by atoms with E-state index < -0.39 is 16.8 Å². The normalized spacial score (nSPS) is 29.0. The zero-order chi connectivity index (χ0) is 43.4. The van der Waals surface area contributed by atoms with E-state index in [9.17, 15) is 15.3 Å². The molecule has 6 unspecified atom stereocenters. The Morgan fingerprint density at radius 1 is 0.386 bits per heavy atom. The van der Waals surface area contributed by atoms with Crippen LogP contribution in [0, 0.1) is 50.2 Å². The van der Waals surface area contributed by atoms with Gasteiger partial charge in [0.15, 0.2) is 0 Å². The lowest BCUT2D eigenvalue weighted by atomic mass is 9.59. The Balaban J connectivity index is 1.65. The minimum absolute atomic E-state index is 0.0381. The highest BCUT2D eigenvalue weighted by Gasteiger charge is 2.51. The van der Waals surface area contributed by atoms with Gasteiger partial charge in [0.25, 0.3) is 0 Å². The van der Waals surface area contributed by atoms with Gasteiger partial charge in [-0.3, -0.25) is 0 Å². The van der Waals surface area contributed by atoms with Crippen LogP contribution in [0.3, 0.4) is 0 Å². The van der Waals surface area contributed by atoms with Crippen molar-refractivity contribution in [1.29, 1.82) is 0 Å². The van der Waals surface area contributed by atoms with Gasteiger partial charge >= 0.3 is 0 Å². The summed E-state index contributed by atoms with van der Waals surface area (Å²) in [5.41, 5.74) is -0.582. The third-order valence-corrected chi connectivity index (χ3v) is 13.3. The van der Waals surface area contributed by atoms with Crippen molar-refractivity contribution in [2.24, 2.45) is 50.2 Å². The monoisotopic (exact) mass is 784 g/mol. The van der Waals surface area contributed by atoms with Gasteiger partial charge in [0, 0.05) is 37.0 Å². The SMILES string of the molecule is CC(C)(C)C1C=C(CCc2nc(CCC3=CC(C(C)(C)C)C(O)(C(C)(C)C)C=C3)nc(CCC3=CC(C(C)(C)C)C(O)(C(C)(C)C)C=C3)n2)C=CC1(O)C(C)(C)C. The van der Waals surface area contributed by atoms with Gasteiger partial charge in [0.1, 0.15) is 17.5 Å². The van der Waals surface area contributed by atoms with Crippen molar-refractivity contribution in [2.45, 2.75) is 180 Å². The fourth-order valence-corrected chi connectivity index (χ4v) is 9.21. The van der Waals surface area contributed by atoms with Crippen LogP contribution in [0.2, 0.25) is 0 Å². The molecule has 4 rings (SSSR count). The van der Waals surface area contributed by atoms with Crippen LogP contribution in [-0.4, -0.2) is 47.1 Å². The lowest BCUT2D eigenvalue weighted by Gasteiger charge is -2.50. The van der Waals surface area contributed by atoms with Crippen molar-refractivity contribution in [2.75, 3.05) is 0 Å². The summed E-state index contributed by atoms with van der Waals surface area (Å²) in [7, 11) is 0. The number of nitrogens with zero attached hydrogens (tertiary/aromatic N) is 3. The second-order valence-corrected chi connectivity index (χ2v) is 24.1. The summed E-state index contributed by atoms with van der Waals surface area (Å²) in [6.45, 7) is 38.9. The highest BCUT2D eigenvalue weighted by molar-refractivity contribution is 5.36. The Morgan fingerprint density at radius 2 is 0.596 bits per heavy atom. The first kappa shape index (κ1) is 47.0. The molecule has 3 N–H and O–H groups in total. The van der Waals surface area contributed by atoms with Gasteiger partial charge in [-0.15, -0.1) is 0 Å². The Morgan fingerprint density at radius 3 is 0.772 bits per heavy atom. The molecule has 57 heavy (non-hydrogen) atoms. The summed E-state index contributed by atoms with van der Waals surface area (Å²) in [5, 5.41) is 35.9. The van der Waals surface area contributed by atoms with Crippen molar-refractivity contribution >= 4 is 0 Å². The minimum atomic E-state index is -0.949. The van der Waals surface area contributed by atoms with Crippen LogP contribution >= 0.6 is 0 Å². The maximum atomic E-state index is 12.0. The van der Waals surface area contributed by atoms with E-state index in [1.807, 2.05) is 18.2 Å². The Bertz CT molecular complexity index is 1580. The fraction of sp³-hybridized carbons (Fsp3) is 0.706. The minimum Gasteiger partial charge on any atom is -0.385 e. The molecule has 6 heteroatoms. The van der Waals surface area contributed by atoms with Crippen LogP contribution in [0.5, 0.6) is 0 Å². The van der Waals surface area contributed by atoms with E-state index in [0.29, 0.717) is 19.3 Å². The van der Waals surface area contributed by atoms with Crippen molar-refractivity contribution in [3.8, 4) is 0 Å². The predicted molar refractivity (Wildman–Crippen MR) is 239 cm³/mol. The van der Waals surface area contributed by atoms with Crippen LogP contribution in [0.15, 0.2) is 71.4 Å². The van der Waals surface area contributed by atoms with Crippen LogP contribution in [-0.2, 0) is 19.3 Å². The number of aromatic nitrogens is 3. The van der Waals surface area contributed by atoms with Gasteiger partial charge in [-0.05, 0) is 51.8 Å². The maximum absolute atomic E-state index is 12.0. The number of hydrogen-bond donors (Lipinski definition) is 3. The van der Waals surface area contributed by atoms with Crippen molar-refractivity contribution < 1.29 is 15.3 Å². The smallest absolute Gasteiger partial charge is 0.132 e. The zero-order valence-electron chi connectivity index (χ0n) is 39.4. The summed E-state index contributed by atoms with van der Waals surface area (Å²) in [6, 6.07) is 0. The molecule has 0 saturated heterocycles. The van der Waals surface area contributed by atoms with Crippen molar-refractivity contribution in [3.05, 3.63) is 88.9 Å². The first-order valence-electron chi connectivity index (χ1n) is 21.7. The zero-order valence-corrected chi connectivity index (χ0v) is 39.4. The molecular formula is C51H81N3O3. The number of hydrogen-bond acceptors (Lipinski definition) is 6. The van der Waals surface area contributed by atoms with Crippen molar-refractivity contribution in [3.63, 3.8) is 0 Å². The topological polar surface area (TPSA) is 99.4 Å². The molecule has 6 atom stereocenters. The van der Waals surface area contributed by atoms with Crippen LogP contribution < -0.4 is 0 Å². The van der Waals surface area contributed by atoms with Crippen LogP contribution in [0.4, 0.5) is 0 Å². The highest BCUT2D eigenvalue weighted by Crippen LogP contribution is 2.51. The molecule has 318 valence electrons. The van der Waals surface area contributed by atoms with E-state index in [1.54, 1.807) is 0 Å². The van der Waals surface area contributed by atoms with Gasteiger partial charge in [-0.2, -0.15) is 0 Å². The first-order valence-corrected chi connectivity index (χ1v) is 21.7. The second kappa shape index (κ2) is 15.7. The quantitative estimate of drug-likeness (QED) is 0.231. The molecule has 0 aliphatic heterocycles. The first-order chi connectivity index (χ1) is 25.6. The van der Waals surface area contributed by atoms with E-state index in [2.05, 4.69) is 161 Å². The molecule has 0 spiro atoms. The Kier molecular flexibility index (Phi) is 13.0. The fourth-order valence-electron chi connectivity index (χ4n) is 9.21. The summed E-state index contributed by atoms with van der Waals surface area (Å²) in [6.07, 6.45) is 23.6. The standard InChI is InChI=1S/C51H81N3O3/c1-43(2,3)37-31-34(25-28-49(37,55)46(10,11)12)19-22-40-52-41(23-20-35-26-29-50(56,47(13,14)15)38(32-35)44(4,5)6)54-42(53-40)24-21-36-27-30-51(57,48(16,17)18)39(33-36)45(7,8)9/h25-33,37-39,55-57H,19-24H2,1-18H3. The van der Waals surface area contributed by atoms with Gasteiger partial charge in [0.05, 0.1) is 16.8 Å². The lowest BCUT2D eigenvalue weighted by molar-refractivity contribution is -0.0807. The molecule has 3 aliphatic rings. The lowest BCUT2D eigenvalue weighted by Crippen LogP contribution is -2.52. The highest BCUT2D eigenvalue weighted by atomic mass is 16.3.